The average Bonchev–Trinajstić information content (AvgIpc) is 2.97. The summed E-state index contributed by atoms with van der Waals surface area (Å²) in [5.74, 6) is 0. The van der Waals surface area contributed by atoms with Crippen LogP contribution in [-0.2, 0) is 36.7 Å². The van der Waals surface area contributed by atoms with Gasteiger partial charge in [-0.2, -0.15) is 11.4 Å². The van der Waals surface area contributed by atoms with E-state index in [-0.39, 0.29) is 55.0 Å². The molecule has 0 aliphatic heterocycles. The van der Waals surface area contributed by atoms with Crippen molar-refractivity contribution in [3.05, 3.63) is 23.5 Å². The molecule has 0 aromatic carbocycles. The first kappa shape index (κ1) is 35.5. The SMILES string of the molecule is CC(C)O.CC(C)O.CC(C)O.CCC(C)(C)c1ccc(C(C)(C)CC)[n-]1.[Hf]. The first-order valence-electron chi connectivity index (χ1n) is 10.2. The Morgan fingerprint density at radius 1 is 0.679 bits per heavy atom. The van der Waals surface area contributed by atoms with E-state index in [9.17, 15) is 0 Å². The summed E-state index contributed by atoms with van der Waals surface area (Å²) in [5.41, 5.74) is 2.90. The summed E-state index contributed by atoms with van der Waals surface area (Å²) in [5, 5.41) is 24.2. The number of aliphatic hydroxyl groups excluding tert-OH is 3. The van der Waals surface area contributed by atoms with Crippen molar-refractivity contribution < 1.29 is 41.2 Å². The fraction of sp³-hybridized carbons (Fsp3) is 0.826. The Morgan fingerprint density at radius 2 is 0.857 bits per heavy atom. The van der Waals surface area contributed by atoms with Gasteiger partial charge in [0.05, 0.1) is 0 Å². The summed E-state index contributed by atoms with van der Waals surface area (Å²) >= 11 is 0. The zero-order chi connectivity index (χ0) is 22.4. The quantitative estimate of drug-likeness (QED) is 0.441. The molecular weight excluding hydrogens is 517 g/mol. The third kappa shape index (κ3) is 22.3. The Morgan fingerprint density at radius 3 is 1.00 bits per heavy atom. The maximum Gasteiger partial charge on any atom is 0.0483 e. The van der Waals surface area contributed by atoms with Gasteiger partial charge >= 0.3 is 0 Å². The first-order valence-corrected chi connectivity index (χ1v) is 10.2. The molecule has 0 aliphatic carbocycles. The summed E-state index contributed by atoms with van der Waals surface area (Å²) in [6.07, 6.45) is 1.77. The van der Waals surface area contributed by atoms with Crippen LogP contribution in [0.2, 0.25) is 0 Å². The molecule has 0 saturated carbocycles. The molecule has 0 bridgehead atoms. The topological polar surface area (TPSA) is 74.8 Å². The molecule has 0 radical (unpaired) electrons. The van der Waals surface area contributed by atoms with E-state index >= 15 is 0 Å². The van der Waals surface area contributed by atoms with Crippen molar-refractivity contribution in [2.75, 3.05) is 0 Å². The molecule has 0 spiro atoms. The average molecular weight is 565 g/mol. The van der Waals surface area contributed by atoms with Gasteiger partial charge in [-0.25, -0.2) is 0 Å². The van der Waals surface area contributed by atoms with Crippen LogP contribution in [0.4, 0.5) is 0 Å². The van der Waals surface area contributed by atoms with E-state index in [0.717, 1.165) is 12.8 Å². The Labute approximate surface area is 194 Å². The minimum atomic E-state index is -0.167. The van der Waals surface area contributed by atoms with Crippen LogP contribution in [0, 0.1) is 0 Å². The van der Waals surface area contributed by atoms with Crippen molar-refractivity contribution in [1.29, 1.82) is 0 Å². The summed E-state index contributed by atoms with van der Waals surface area (Å²) in [7, 11) is 0. The number of hydrogen-bond acceptors (Lipinski definition) is 3. The number of aromatic nitrogens is 1. The monoisotopic (exact) mass is 566 g/mol. The molecule has 5 heteroatoms. The van der Waals surface area contributed by atoms with Gasteiger partial charge < -0.3 is 20.3 Å². The fourth-order valence-corrected chi connectivity index (χ4v) is 1.48. The van der Waals surface area contributed by atoms with E-state index < -0.39 is 0 Å². The van der Waals surface area contributed by atoms with E-state index in [4.69, 9.17) is 20.3 Å². The van der Waals surface area contributed by atoms with Crippen LogP contribution in [0.3, 0.4) is 0 Å². The van der Waals surface area contributed by atoms with Crippen molar-refractivity contribution in [2.45, 2.75) is 125 Å². The predicted octanol–water partition coefficient (Wildman–Crippen LogP) is 5.18. The summed E-state index contributed by atoms with van der Waals surface area (Å²) in [6.45, 7) is 23.8. The van der Waals surface area contributed by atoms with Crippen LogP contribution in [0.1, 0.15) is 107 Å². The van der Waals surface area contributed by atoms with Gasteiger partial charge in [0.25, 0.3) is 0 Å². The van der Waals surface area contributed by atoms with Gasteiger partial charge in [0.15, 0.2) is 0 Å². The van der Waals surface area contributed by atoms with Gasteiger partial charge in [-0.05, 0) is 65.2 Å². The molecule has 0 unspecified atom stereocenters. The van der Waals surface area contributed by atoms with E-state index in [1.807, 2.05) is 0 Å². The third-order valence-corrected chi connectivity index (χ3v) is 3.79. The van der Waals surface area contributed by atoms with Gasteiger partial charge in [0.2, 0.25) is 0 Å². The number of hydrogen-bond donors (Lipinski definition) is 3. The maximum atomic E-state index is 8.06. The van der Waals surface area contributed by atoms with Crippen LogP contribution in [-0.4, -0.2) is 33.6 Å². The molecule has 0 atom stereocenters. The van der Waals surface area contributed by atoms with Crippen molar-refractivity contribution >= 4 is 0 Å². The zero-order valence-electron chi connectivity index (χ0n) is 20.6. The molecule has 0 aliphatic rings. The van der Waals surface area contributed by atoms with Gasteiger partial charge in [-0.3, -0.25) is 0 Å². The minimum Gasteiger partial charge on any atom is -0.664 e. The largest absolute Gasteiger partial charge is 0.664 e. The zero-order valence-corrected chi connectivity index (χ0v) is 24.2. The molecule has 1 aromatic rings. The van der Waals surface area contributed by atoms with Crippen molar-refractivity contribution in [3.8, 4) is 0 Å². The Kier molecular flexibility index (Phi) is 22.6. The van der Waals surface area contributed by atoms with E-state index in [2.05, 4.69) is 53.7 Å². The maximum absolute atomic E-state index is 8.06. The molecule has 3 N–H and O–H groups in total. The minimum absolute atomic E-state index is 0. The Hall–Kier alpha value is 0.0301. The van der Waals surface area contributed by atoms with Crippen LogP contribution in [0.25, 0.3) is 0 Å². The van der Waals surface area contributed by atoms with Crippen LogP contribution in [0.15, 0.2) is 12.1 Å². The number of rotatable bonds is 4. The van der Waals surface area contributed by atoms with Crippen LogP contribution >= 0.6 is 0 Å². The van der Waals surface area contributed by atoms with Crippen molar-refractivity contribution in [1.82, 2.24) is 4.98 Å². The number of aliphatic hydroxyl groups is 3. The van der Waals surface area contributed by atoms with Crippen LogP contribution in [0.5, 0.6) is 0 Å². The molecule has 1 heterocycles. The Bertz CT molecular complexity index is 399. The molecule has 1 rings (SSSR count). The standard InChI is InChI=1S/C14H24N.3C3H8O.Hf/c1-7-13(3,4)11-9-10-12(15-11)14(5,6)8-2;3*1-3(2)4;/h9-10H,7-8H2,1-6H3;3*3-4H,1-2H3;/q-1;;;;. The van der Waals surface area contributed by atoms with E-state index in [1.165, 1.54) is 11.4 Å². The molecular formula is C23H48HfNO3-. The molecule has 28 heavy (non-hydrogen) atoms. The second-order valence-electron chi connectivity index (χ2n) is 8.97. The molecule has 1 aromatic heterocycles. The Balaban J connectivity index is -0.000000183. The molecule has 0 saturated heterocycles. The second kappa shape index (κ2) is 17.9. The first-order chi connectivity index (χ1) is 12.0. The summed E-state index contributed by atoms with van der Waals surface area (Å²) in [4.78, 5) is 4.80. The fourth-order valence-electron chi connectivity index (χ4n) is 1.48. The molecule has 0 fully saturated rings. The summed E-state index contributed by atoms with van der Waals surface area (Å²) in [6, 6.07) is 4.38. The number of nitrogens with zero attached hydrogens (tertiary/aromatic N) is 1. The second-order valence-corrected chi connectivity index (χ2v) is 8.97. The van der Waals surface area contributed by atoms with E-state index in [0.29, 0.717) is 0 Å². The van der Waals surface area contributed by atoms with Gasteiger partial charge in [0.1, 0.15) is 0 Å². The van der Waals surface area contributed by atoms with Gasteiger partial charge in [-0.15, -0.1) is 0 Å². The van der Waals surface area contributed by atoms with E-state index in [1.54, 1.807) is 41.5 Å². The smallest absolute Gasteiger partial charge is 0.0483 e. The molecule has 0 amide bonds. The normalized spacial score (nSPS) is 10.9. The third-order valence-electron chi connectivity index (χ3n) is 3.79. The predicted molar refractivity (Wildman–Crippen MR) is 118 cm³/mol. The molecule has 4 nitrogen and oxygen atoms in total. The van der Waals surface area contributed by atoms with Crippen molar-refractivity contribution in [2.24, 2.45) is 0 Å². The van der Waals surface area contributed by atoms with Gasteiger partial charge in [0, 0.05) is 44.2 Å². The molecule has 168 valence electrons. The van der Waals surface area contributed by atoms with Gasteiger partial charge in [-0.1, -0.05) is 53.7 Å². The van der Waals surface area contributed by atoms with Crippen molar-refractivity contribution in [3.63, 3.8) is 0 Å². The van der Waals surface area contributed by atoms with Crippen LogP contribution < -0.4 is 4.98 Å². The summed E-state index contributed by atoms with van der Waals surface area (Å²) < 4.78 is 0.